The normalized spacial score (nSPS) is 14.7. The zero-order valence-electron chi connectivity index (χ0n) is 23.0. The SMILES string of the molecule is Nc1ncnc2c1c(C(=O)c1cccc(NS(=O)(=O)c3cc(Cl)cc(Cl)c3)c1)cn2C1CCN(Cc2ccccc2)CC1. The van der Waals surface area contributed by atoms with E-state index in [-0.39, 0.29) is 43.8 Å². The van der Waals surface area contributed by atoms with Crippen LogP contribution in [0.1, 0.15) is 40.4 Å². The van der Waals surface area contributed by atoms with Crippen molar-refractivity contribution >= 4 is 61.5 Å². The Hall–Kier alpha value is -3.96. The molecular formula is C31H28Cl2N6O3S. The number of anilines is 2. The summed E-state index contributed by atoms with van der Waals surface area (Å²) in [5.74, 6) is -0.109. The smallest absolute Gasteiger partial charge is 0.261 e. The number of piperidine rings is 1. The number of nitrogens with one attached hydrogen (secondary N) is 1. The highest BCUT2D eigenvalue weighted by Crippen LogP contribution is 2.33. The number of hydrogen-bond donors (Lipinski definition) is 2. The Bertz CT molecular complexity index is 1900. The van der Waals surface area contributed by atoms with Gasteiger partial charge in [-0.25, -0.2) is 18.4 Å². The van der Waals surface area contributed by atoms with Crippen molar-refractivity contribution in [1.29, 1.82) is 0 Å². The van der Waals surface area contributed by atoms with Crippen LogP contribution in [-0.4, -0.2) is 46.7 Å². The van der Waals surface area contributed by atoms with Gasteiger partial charge in [-0.3, -0.25) is 14.4 Å². The first-order valence-electron chi connectivity index (χ1n) is 13.7. The standard InChI is InChI=1S/C31H28Cl2N6O3S/c32-22-14-23(33)16-26(15-22)43(41,42)37-24-8-4-7-21(13-24)29(40)27-18-39(31-28(27)30(34)35-19-36-31)25-9-11-38(12-10-25)17-20-5-2-1-3-6-20/h1-8,13-16,18-19,25,37H,9-12,17H2,(H2,34,35,36). The lowest BCUT2D eigenvalue weighted by molar-refractivity contribution is 0.103. The van der Waals surface area contributed by atoms with Crippen molar-refractivity contribution in [2.24, 2.45) is 0 Å². The summed E-state index contributed by atoms with van der Waals surface area (Å²) in [6, 6.07) is 20.9. The van der Waals surface area contributed by atoms with Crippen molar-refractivity contribution in [3.63, 3.8) is 0 Å². The molecule has 5 aromatic rings. The van der Waals surface area contributed by atoms with Gasteiger partial charge in [0.05, 0.1) is 15.8 Å². The Kier molecular flexibility index (Phi) is 8.11. The molecule has 0 saturated carbocycles. The zero-order chi connectivity index (χ0) is 30.1. The van der Waals surface area contributed by atoms with Gasteiger partial charge < -0.3 is 10.3 Å². The van der Waals surface area contributed by atoms with E-state index in [0.717, 1.165) is 32.5 Å². The highest BCUT2D eigenvalue weighted by molar-refractivity contribution is 7.92. The van der Waals surface area contributed by atoms with Crippen LogP contribution >= 0.6 is 23.2 Å². The Morgan fingerprint density at radius 1 is 0.953 bits per heavy atom. The van der Waals surface area contributed by atoms with E-state index in [0.29, 0.717) is 16.6 Å². The molecule has 1 aliphatic heterocycles. The fourth-order valence-electron chi connectivity index (χ4n) is 5.53. The minimum Gasteiger partial charge on any atom is -0.383 e. The fraction of sp³-hybridized carbons (Fsp3) is 0.194. The molecule has 0 radical (unpaired) electrons. The number of hydrogen-bond acceptors (Lipinski definition) is 7. The molecule has 0 atom stereocenters. The lowest BCUT2D eigenvalue weighted by Gasteiger charge is -2.33. The maximum atomic E-state index is 13.9. The van der Waals surface area contributed by atoms with E-state index in [9.17, 15) is 13.2 Å². The molecule has 1 fully saturated rings. The van der Waals surface area contributed by atoms with Crippen molar-refractivity contribution in [3.8, 4) is 0 Å². The number of nitrogens with zero attached hydrogens (tertiary/aromatic N) is 4. The summed E-state index contributed by atoms with van der Waals surface area (Å²) in [6.07, 6.45) is 4.99. The molecule has 6 rings (SSSR count). The molecule has 0 aliphatic carbocycles. The number of halogens is 2. The van der Waals surface area contributed by atoms with Crippen LogP contribution in [0.5, 0.6) is 0 Å². The topological polar surface area (TPSA) is 123 Å². The molecular weight excluding hydrogens is 607 g/mol. The van der Waals surface area contributed by atoms with E-state index in [2.05, 4.69) is 43.9 Å². The van der Waals surface area contributed by atoms with Crippen LogP contribution in [0.2, 0.25) is 10.0 Å². The van der Waals surface area contributed by atoms with Crippen LogP contribution in [0.25, 0.3) is 11.0 Å². The average molecular weight is 636 g/mol. The maximum absolute atomic E-state index is 13.9. The summed E-state index contributed by atoms with van der Waals surface area (Å²) in [7, 11) is -4.02. The molecule has 1 aliphatic rings. The number of sulfonamides is 1. The Morgan fingerprint density at radius 2 is 1.67 bits per heavy atom. The summed E-state index contributed by atoms with van der Waals surface area (Å²) in [4.78, 5) is 24.9. The predicted molar refractivity (Wildman–Crippen MR) is 169 cm³/mol. The minimum atomic E-state index is -4.02. The molecule has 0 amide bonds. The van der Waals surface area contributed by atoms with Gasteiger partial charge in [0.25, 0.3) is 10.0 Å². The number of fused-ring (bicyclic) bond motifs is 1. The molecule has 0 unspecified atom stereocenters. The van der Waals surface area contributed by atoms with E-state index in [1.807, 2.05) is 10.6 Å². The van der Waals surface area contributed by atoms with Gasteiger partial charge in [0.1, 0.15) is 17.8 Å². The predicted octanol–water partition coefficient (Wildman–Crippen LogP) is 6.19. The van der Waals surface area contributed by atoms with Crippen LogP contribution in [0.15, 0.2) is 90.2 Å². The van der Waals surface area contributed by atoms with Crippen molar-refractivity contribution in [1.82, 2.24) is 19.4 Å². The molecule has 3 aromatic carbocycles. The van der Waals surface area contributed by atoms with Crippen LogP contribution in [0.4, 0.5) is 11.5 Å². The molecule has 3 heterocycles. The van der Waals surface area contributed by atoms with E-state index >= 15 is 0 Å². The fourth-order valence-corrected chi connectivity index (χ4v) is 7.31. The first kappa shape index (κ1) is 29.1. The molecule has 3 N–H and O–H groups in total. The number of aromatic nitrogens is 3. The number of rotatable bonds is 8. The maximum Gasteiger partial charge on any atom is 0.261 e. The third-order valence-electron chi connectivity index (χ3n) is 7.61. The highest BCUT2D eigenvalue weighted by Gasteiger charge is 2.27. The summed E-state index contributed by atoms with van der Waals surface area (Å²) in [5.41, 5.74) is 9.02. The molecule has 0 spiro atoms. The lowest BCUT2D eigenvalue weighted by Crippen LogP contribution is -2.34. The first-order valence-corrected chi connectivity index (χ1v) is 15.9. The second-order valence-electron chi connectivity index (χ2n) is 10.5. The van der Waals surface area contributed by atoms with Crippen LogP contribution in [0, 0.1) is 0 Å². The summed E-state index contributed by atoms with van der Waals surface area (Å²) in [5, 5.41) is 0.864. The highest BCUT2D eigenvalue weighted by atomic mass is 35.5. The molecule has 12 heteroatoms. The van der Waals surface area contributed by atoms with E-state index in [1.165, 1.54) is 36.2 Å². The number of carbonyl (C=O) groups is 1. The first-order chi connectivity index (χ1) is 20.7. The van der Waals surface area contributed by atoms with Crippen LogP contribution in [0.3, 0.4) is 0 Å². The zero-order valence-corrected chi connectivity index (χ0v) is 25.3. The summed E-state index contributed by atoms with van der Waals surface area (Å²) >= 11 is 12.0. The lowest BCUT2D eigenvalue weighted by atomic mass is 10.0. The van der Waals surface area contributed by atoms with Gasteiger partial charge >= 0.3 is 0 Å². The van der Waals surface area contributed by atoms with E-state index in [1.54, 1.807) is 24.4 Å². The number of ketones is 1. The monoisotopic (exact) mass is 634 g/mol. The number of carbonyl (C=O) groups excluding carboxylic acids is 1. The van der Waals surface area contributed by atoms with E-state index < -0.39 is 10.0 Å². The number of benzene rings is 3. The van der Waals surface area contributed by atoms with Gasteiger partial charge in [-0.15, -0.1) is 0 Å². The van der Waals surface area contributed by atoms with Gasteiger partial charge in [0.15, 0.2) is 5.78 Å². The van der Waals surface area contributed by atoms with Crippen molar-refractivity contribution in [2.45, 2.75) is 30.3 Å². The molecule has 9 nitrogen and oxygen atoms in total. The Balaban J connectivity index is 1.26. The van der Waals surface area contributed by atoms with Crippen molar-refractivity contribution in [3.05, 3.63) is 112 Å². The van der Waals surface area contributed by atoms with Gasteiger partial charge in [-0.05, 0) is 48.7 Å². The Labute approximate surface area is 259 Å². The van der Waals surface area contributed by atoms with Gasteiger partial charge in [0.2, 0.25) is 0 Å². The largest absolute Gasteiger partial charge is 0.383 e. The van der Waals surface area contributed by atoms with E-state index in [4.69, 9.17) is 28.9 Å². The average Bonchev–Trinajstić information content (AvgIpc) is 3.38. The van der Waals surface area contributed by atoms with Gasteiger partial charge in [0, 0.05) is 53.2 Å². The summed E-state index contributed by atoms with van der Waals surface area (Å²) < 4.78 is 30.6. The molecule has 43 heavy (non-hydrogen) atoms. The summed E-state index contributed by atoms with van der Waals surface area (Å²) in [6.45, 7) is 2.70. The molecule has 2 aromatic heterocycles. The minimum absolute atomic E-state index is 0.0930. The number of nitrogen functional groups attached to an aromatic ring is 1. The van der Waals surface area contributed by atoms with Crippen molar-refractivity contribution < 1.29 is 13.2 Å². The Morgan fingerprint density at radius 3 is 2.40 bits per heavy atom. The number of likely N-dealkylation sites (tertiary alicyclic amines) is 1. The second kappa shape index (κ2) is 12.0. The third-order valence-corrected chi connectivity index (χ3v) is 9.40. The van der Waals surface area contributed by atoms with Crippen LogP contribution in [-0.2, 0) is 16.6 Å². The molecule has 220 valence electrons. The molecule has 1 saturated heterocycles. The van der Waals surface area contributed by atoms with Gasteiger partial charge in [-0.2, -0.15) is 0 Å². The quantitative estimate of drug-likeness (QED) is 0.195. The van der Waals surface area contributed by atoms with Gasteiger partial charge in [-0.1, -0.05) is 65.7 Å². The third kappa shape index (κ3) is 6.23. The van der Waals surface area contributed by atoms with Crippen LogP contribution < -0.4 is 10.5 Å². The second-order valence-corrected chi connectivity index (χ2v) is 13.1. The van der Waals surface area contributed by atoms with Crippen molar-refractivity contribution in [2.75, 3.05) is 23.5 Å². The molecule has 0 bridgehead atoms. The number of nitrogens with two attached hydrogens (primary N) is 1.